The normalized spacial score (nSPS) is 14.7. The van der Waals surface area contributed by atoms with E-state index in [1.165, 1.54) is 0 Å². The summed E-state index contributed by atoms with van der Waals surface area (Å²) in [7, 11) is -3.67. The Labute approximate surface area is 156 Å². The van der Waals surface area contributed by atoms with Crippen LogP contribution in [0.2, 0.25) is 10.0 Å². The molecule has 1 aliphatic carbocycles. The lowest BCUT2D eigenvalue weighted by Gasteiger charge is -2.09. The third-order valence-electron chi connectivity index (χ3n) is 4.06. The highest BCUT2D eigenvalue weighted by atomic mass is 35.5. The van der Waals surface area contributed by atoms with E-state index in [2.05, 4.69) is 5.10 Å². The van der Waals surface area contributed by atoms with E-state index in [4.69, 9.17) is 23.2 Å². The molecule has 0 fully saturated rings. The lowest BCUT2D eigenvalue weighted by Crippen LogP contribution is -2.30. The van der Waals surface area contributed by atoms with Gasteiger partial charge in [-0.05, 0) is 43.9 Å². The van der Waals surface area contributed by atoms with Gasteiger partial charge in [-0.25, -0.2) is 17.8 Å². The first-order valence-corrected chi connectivity index (χ1v) is 10.5. The van der Waals surface area contributed by atoms with Gasteiger partial charge in [-0.3, -0.25) is 4.79 Å². The number of hydrogen-bond donors (Lipinski definition) is 1. The number of benzene rings is 1. The Morgan fingerprint density at radius 3 is 2.60 bits per heavy atom. The van der Waals surface area contributed by atoms with Gasteiger partial charge in [0.05, 0.1) is 17.0 Å². The highest BCUT2D eigenvalue weighted by Gasteiger charge is 2.26. The molecule has 2 aromatic rings. The van der Waals surface area contributed by atoms with Crippen molar-refractivity contribution < 1.29 is 13.2 Å². The standard InChI is InChI=1S/C16H17Cl2N3O3S/c1-25(23,24)20-16(22)15-11-5-3-2-4-6-13(11)21(19-15)14-8-7-10(17)9-12(14)18/h7-9H,2-6H2,1H3,(H,20,22). The minimum absolute atomic E-state index is 0.133. The smallest absolute Gasteiger partial charge is 0.266 e. The molecular formula is C16H17Cl2N3O3S. The van der Waals surface area contributed by atoms with Crippen LogP contribution in [0.1, 0.15) is 41.0 Å². The second-order valence-electron chi connectivity index (χ2n) is 6.05. The highest BCUT2D eigenvalue weighted by molar-refractivity contribution is 7.89. The van der Waals surface area contributed by atoms with E-state index in [0.717, 1.165) is 43.2 Å². The zero-order chi connectivity index (χ0) is 18.2. The van der Waals surface area contributed by atoms with Gasteiger partial charge in [0, 0.05) is 16.3 Å². The van der Waals surface area contributed by atoms with Gasteiger partial charge in [0.1, 0.15) is 0 Å². The minimum Gasteiger partial charge on any atom is -0.266 e. The summed E-state index contributed by atoms with van der Waals surface area (Å²) in [5, 5.41) is 5.31. The van der Waals surface area contributed by atoms with Crippen LogP contribution in [0.3, 0.4) is 0 Å². The largest absolute Gasteiger partial charge is 0.285 e. The molecule has 1 aromatic carbocycles. The van der Waals surface area contributed by atoms with Crippen molar-refractivity contribution in [3.8, 4) is 5.69 Å². The fourth-order valence-corrected chi connectivity index (χ4v) is 3.95. The summed E-state index contributed by atoms with van der Waals surface area (Å²) in [5.41, 5.74) is 2.42. The van der Waals surface area contributed by atoms with E-state index in [-0.39, 0.29) is 5.69 Å². The van der Waals surface area contributed by atoms with Crippen molar-refractivity contribution in [1.29, 1.82) is 0 Å². The number of carbonyl (C=O) groups excluding carboxylic acids is 1. The maximum absolute atomic E-state index is 12.4. The van der Waals surface area contributed by atoms with E-state index in [1.807, 2.05) is 4.72 Å². The van der Waals surface area contributed by atoms with Crippen LogP contribution in [0.4, 0.5) is 0 Å². The van der Waals surface area contributed by atoms with Gasteiger partial charge < -0.3 is 0 Å². The Morgan fingerprint density at radius 1 is 1.20 bits per heavy atom. The number of carbonyl (C=O) groups is 1. The molecule has 1 aliphatic rings. The average Bonchev–Trinajstić information content (AvgIpc) is 2.69. The maximum atomic E-state index is 12.4. The topological polar surface area (TPSA) is 81.1 Å². The van der Waals surface area contributed by atoms with E-state index >= 15 is 0 Å². The molecule has 1 heterocycles. The van der Waals surface area contributed by atoms with Crippen LogP contribution in [0.15, 0.2) is 18.2 Å². The summed E-state index contributed by atoms with van der Waals surface area (Å²) in [4.78, 5) is 12.4. The molecule has 0 saturated carbocycles. The molecule has 0 bridgehead atoms. The zero-order valence-electron chi connectivity index (χ0n) is 13.6. The van der Waals surface area contributed by atoms with Crippen molar-refractivity contribution in [2.75, 3.05) is 6.26 Å². The summed E-state index contributed by atoms with van der Waals surface area (Å²) < 4.78 is 26.5. The lowest BCUT2D eigenvalue weighted by atomic mass is 10.1. The van der Waals surface area contributed by atoms with Crippen LogP contribution >= 0.6 is 23.2 Å². The van der Waals surface area contributed by atoms with Crippen LogP contribution in [0, 0.1) is 0 Å². The number of sulfonamides is 1. The van der Waals surface area contributed by atoms with Crippen molar-refractivity contribution in [3.05, 3.63) is 45.2 Å². The molecule has 25 heavy (non-hydrogen) atoms. The Morgan fingerprint density at radius 2 is 1.92 bits per heavy atom. The molecule has 1 N–H and O–H groups in total. The highest BCUT2D eigenvalue weighted by Crippen LogP contribution is 2.30. The van der Waals surface area contributed by atoms with Crippen LogP contribution in [-0.2, 0) is 22.9 Å². The molecule has 9 heteroatoms. The predicted molar refractivity (Wildman–Crippen MR) is 97.2 cm³/mol. The van der Waals surface area contributed by atoms with E-state index < -0.39 is 15.9 Å². The van der Waals surface area contributed by atoms with E-state index in [0.29, 0.717) is 22.2 Å². The Balaban J connectivity index is 2.15. The fourth-order valence-electron chi connectivity index (χ4n) is 3.03. The molecule has 0 spiro atoms. The van der Waals surface area contributed by atoms with Gasteiger partial charge in [-0.1, -0.05) is 29.6 Å². The maximum Gasteiger partial charge on any atom is 0.285 e. The van der Waals surface area contributed by atoms with Crippen LogP contribution in [-0.4, -0.2) is 30.4 Å². The number of halogens is 2. The molecule has 0 unspecified atom stereocenters. The van der Waals surface area contributed by atoms with Gasteiger partial charge in [0.2, 0.25) is 10.0 Å². The van der Waals surface area contributed by atoms with Gasteiger partial charge in [-0.2, -0.15) is 5.10 Å². The molecule has 0 atom stereocenters. The molecule has 134 valence electrons. The van der Waals surface area contributed by atoms with Crippen molar-refractivity contribution in [2.45, 2.75) is 32.1 Å². The summed E-state index contributed by atoms with van der Waals surface area (Å²) in [6.07, 6.45) is 5.29. The molecule has 1 aromatic heterocycles. The van der Waals surface area contributed by atoms with E-state index in [9.17, 15) is 13.2 Å². The molecule has 3 rings (SSSR count). The Hall–Kier alpha value is -1.57. The number of fused-ring (bicyclic) bond motifs is 1. The zero-order valence-corrected chi connectivity index (χ0v) is 15.9. The quantitative estimate of drug-likeness (QED) is 0.800. The third kappa shape index (κ3) is 3.99. The van der Waals surface area contributed by atoms with Gasteiger partial charge in [0.25, 0.3) is 5.91 Å². The van der Waals surface area contributed by atoms with Gasteiger partial charge in [-0.15, -0.1) is 0 Å². The first-order chi connectivity index (χ1) is 11.8. The number of rotatable bonds is 3. The molecule has 0 aliphatic heterocycles. The van der Waals surface area contributed by atoms with Crippen molar-refractivity contribution >= 4 is 39.1 Å². The van der Waals surface area contributed by atoms with Crippen molar-refractivity contribution in [3.63, 3.8) is 0 Å². The molecule has 0 saturated heterocycles. The van der Waals surface area contributed by atoms with Crippen LogP contribution in [0.25, 0.3) is 5.69 Å². The van der Waals surface area contributed by atoms with Crippen LogP contribution in [0.5, 0.6) is 0 Å². The molecule has 0 radical (unpaired) electrons. The summed E-state index contributed by atoms with van der Waals surface area (Å²) >= 11 is 12.3. The van der Waals surface area contributed by atoms with Crippen LogP contribution < -0.4 is 4.72 Å². The number of nitrogens with one attached hydrogen (secondary N) is 1. The molecule has 1 amide bonds. The lowest BCUT2D eigenvalue weighted by molar-refractivity contribution is 0.0975. The third-order valence-corrected chi connectivity index (χ3v) is 5.16. The SMILES string of the molecule is CS(=O)(=O)NC(=O)c1nn(-c2ccc(Cl)cc2Cl)c2c1CCCCC2. The first kappa shape index (κ1) is 18.2. The van der Waals surface area contributed by atoms with E-state index in [1.54, 1.807) is 22.9 Å². The second kappa shape index (κ2) is 6.97. The number of hydrogen-bond acceptors (Lipinski definition) is 4. The number of nitrogens with zero attached hydrogens (tertiary/aromatic N) is 2. The number of aromatic nitrogens is 2. The summed E-state index contributed by atoms with van der Waals surface area (Å²) in [6, 6.07) is 5.05. The molecular weight excluding hydrogens is 385 g/mol. The second-order valence-corrected chi connectivity index (χ2v) is 8.64. The first-order valence-electron chi connectivity index (χ1n) is 7.84. The fraction of sp³-hybridized carbons (Fsp3) is 0.375. The van der Waals surface area contributed by atoms with Crippen molar-refractivity contribution in [1.82, 2.24) is 14.5 Å². The molecule has 6 nitrogen and oxygen atoms in total. The Bertz CT molecular complexity index is 938. The summed E-state index contributed by atoms with van der Waals surface area (Å²) in [5.74, 6) is -0.718. The Kier molecular flexibility index (Phi) is 5.09. The minimum atomic E-state index is -3.67. The monoisotopic (exact) mass is 401 g/mol. The summed E-state index contributed by atoms with van der Waals surface area (Å²) in [6.45, 7) is 0. The van der Waals surface area contributed by atoms with Gasteiger partial charge >= 0.3 is 0 Å². The number of amides is 1. The average molecular weight is 402 g/mol. The van der Waals surface area contributed by atoms with Gasteiger partial charge in [0.15, 0.2) is 5.69 Å². The van der Waals surface area contributed by atoms with Crippen molar-refractivity contribution in [2.24, 2.45) is 0 Å². The predicted octanol–water partition coefficient (Wildman–Crippen LogP) is 3.14.